The van der Waals surface area contributed by atoms with Gasteiger partial charge in [-0.3, -0.25) is 14.4 Å². The van der Waals surface area contributed by atoms with Crippen molar-refractivity contribution in [1.82, 2.24) is 14.7 Å². The first-order chi connectivity index (χ1) is 11.5. The molecule has 24 heavy (non-hydrogen) atoms. The van der Waals surface area contributed by atoms with Crippen LogP contribution in [0.4, 0.5) is 8.78 Å². The normalized spacial score (nSPS) is 18.7. The van der Waals surface area contributed by atoms with Crippen LogP contribution in [0, 0.1) is 11.6 Å². The number of piperidine rings is 1. The molecule has 1 N–H and O–H groups in total. The van der Waals surface area contributed by atoms with Crippen LogP contribution < -0.4 is 0 Å². The van der Waals surface area contributed by atoms with Gasteiger partial charge in [0.25, 0.3) is 0 Å². The van der Waals surface area contributed by atoms with Crippen molar-refractivity contribution in [3.8, 4) is 0 Å². The number of benzene rings is 1. The molecule has 1 saturated heterocycles. The molecule has 1 aliphatic heterocycles. The molecule has 1 atom stereocenters. The first kappa shape index (κ1) is 16.6. The van der Waals surface area contributed by atoms with Gasteiger partial charge in [-0.15, -0.1) is 0 Å². The van der Waals surface area contributed by atoms with Crippen LogP contribution in [-0.4, -0.2) is 38.8 Å². The smallest absolute Gasteiger partial charge is 0.325 e. The summed E-state index contributed by atoms with van der Waals surface area (Å²) in [5.41, 5.74) is 1.50. The zero-order valence-corrected chi connectivity index (χ0v) is 13.2. The Kier molecular flexibility index (Phi) is 4.89. The molecular formula is C17H19F2N3O2. The minimum atomic E-state index is -0.928. The third-order valence-electron chi connectivity index (χ3n) is 4.29. The lowest BCUT2D eigenvalue weighted by Crippen LogP contribution is -2.35. The average Bonchev–Trinajstić information content (AvgIpc) is 2.93. The monoisotopic (exact) mass is 335 g/mol. The number of rotatable bonds is 5. The fourth-order valence-corrected chi connectivity index (χ4v) is 3.35. The Morgan fingerprint density at radius 3 is 2.75 bits per heavy atom. The van der Waals surface area contributed by atoms with Crippen molar-refractivity contribution < 1.29 is 18.7 Å². The summed E-state index contributed by atoms with van der Waals surface area (Å²) in [6, 6.07) is 5.41. The van der Waals surface area contributed by atoms with E-state index in [-0.39, 0.29) is 12.5 Å². The summed E-state index contributed by atoms with van der Waals surface area (Å²) in [4.78, 5) is 13.1. The van der Waals surface area contributed by atoms with Gasteiger partial charge in [0.2, 0.25) is 0 Å². The van der Waals surface area contributed by atoms with Crippen LogP contribution in [-0.2, 0) is 17.9 Å². The highest BCUT2D eigenvalue weighted by molar-refractivity contribution is 5.66. The number of aliphatic carboxylic acids is 1. The fourth-order valence-electron chi connectivity index (χ4n) is 3.35. The summed E-state index contributed by atoms with van der Waals surface area (Å²) < 4.78 is 28.2. The molecule has 1 aromatic heterocycles. The van der Waals surface area contributed by atoms with Crippen LogP contribution >= 0.6 is 0 Å². The van der Waals surface area contributed by atoms with Crippen LogP contribution in [0.2, 0.25) is 0 Å². The van der Waals surface area contributed by atoms with Gasteiger partial charge in [0.15, 0.2) is 0 Å². The number of carbonyl (C=O) groups is 1. The maximum absolute atomic E-state index is 13.3. The van der Waals surface area contributed by atoms with Gasteiger partial charge in [-0.1, -0.05) is 0 Å². The van der Waals surface area contributed by atoms with Gasteiger partial charge in [-0.2, -0.15) is 5.10 Å². The highest BCUT2D eigenvalue weighted by Gasteiger charge is 2.24. The third kappa shape index (κ3) is 3.97. The summed E-state index contributed by atoms with van der Waals surface area (Å²) in [5.74, 6) is -1.90. The van der Waals surface area contributed by atoms with Gasteiger partial charge in [0.1, 0.15) is 18.2 Å². The molecule has 0 unspecified atom stereocenters. The van der Waals surface area contributed by atoms with Gasteiger partial charge in [-0.05, 0) is 43.1 Å². The molecule has 128 valence electrons. The Labute approximate surface area is 138 Å². The highest BCUT2D eigenvalue weighted by atomic mass is 19.1. The highest BCUT2D eigenvalue weighted by Crippen LogP contribution is 2.27. The second-order valence-electron chi connectivity index (χ2n) is 6.16. The summed E-state index contributed by atoms with van der Waals surface area (Å²) in [6.45, 7) is 1.87. The van der Waals surface area contributed by atoms with E-state index in [0.29, 0.717) is 18.7 Å². The molecule has 5 nitrogen and oxygen atoms in total. The zero-order valence-electron chi connectivity index (χ0n) is 13.2. The van der Waals surface area contributed by atoms with Crippen molar-refractivity contribution in [2.45, 2.75) is 31.8 Å². The topological polar surface area (TPSA) is 58.4 Å². The molecule has 0 bridgehead atoms. The van der Waals surface area contributed by atoms with E-state index >= 15 is 0 Å². The molecule has 1 aromatic carbocycles. The number of carboxylic acid groups (broad SMARTS) is 1. The summed E-state index contributed by atoms with van der Waals surface area (Å²) in [7, 11) is 0. The van der Waals surface area contributed by atoms with Gasteiger partial charge in [-0.25, -0.2) is 8.78 Å². The van der Waals surface area contributed by atoms with Gasteiger partial charge >= 0.3 is 5.97 Å². The summed E-state index contributed by atoms with van der Waals surface area (Å²) in [5, 5.41) is 13.0. The predicted molar refractivity (Wildman–Crippen MR) is 83.5 cm³/mol. The molecule has 0 saturated carbocycles. The molecule has 7 heteroatoms. The van der Waals surface area contributed by atoms with Gasteiger partial charge < -0.3 is 5.11 Å². The molecule has 1 aliphatic rings. The minimum absolute atomic E-state index is 0.159. The maximum Gasteiger partial charge on any atom is 0.325 e. The van der Waals surface area contributed by atoms with Crippen molar-refractivity contribution >= 4 is 5.97 Å². The average molecular weight is 335 g/mol. The van der Waals surface area contributed by atoms with Crippen LogP contribution in [0.1, 0.15) is 30.0 Å². The third-order valence-corrected chi connectivity index (χ3v) is 4.29. The molecule has 0 aliphatic carbocycles. The number of hydrogen-bond donors (Lipinski definition) is 1. The van der Waals surface area contributed by atoms with Crippen molar-refractivity contribution in [3.05, 3.63) is 53.4 Å². The number of halogens is 2. The number of hydrogen-bond acceptors (Lipinski definition) is 3. The first-order valence-electron chi connectivity index (χ1n) is 7.92. The van der Waals surface area contributed by atoms with Crippen LogP contribution in [0.25, 0.3) is 0 Å². The molecule has 3 rings (SSSR count). The summed E-state index contributed by atoms with van der Waals surface area (Å²) in [6.07, 6.45) is 3.50. The molecule has 0 radical (unpaired) electrons. The van der Waals surface area contributed by atoms with Crippen molar-refractivity contribution in [2.75, 3.05) is 13.1 Å². The Morgan fingerprint density at radius 1 is 1.29 bits per heavy atom. The number of likely N-dealkylation sites (tertiary alicyclic amines) is 1. The number of aromatic nitrogens is 2. The molecule has 0 amide bonds. The van der Waals surface area contributed by atoms with Crippen molar-refractivity contribution in [1.29, 1.82) is 0 Å². The Hall–Kier alpha value is -2.28. The molecule has 1 fully saturated rings. The van der Waals surface area contributed by atoms with Gasteiger partial charge in [0, 0.05) is 37.0 Å². The molecular weight excluding hydrogens is 316 g/mol. The van der Waals surface area contributed by atoms with E-state index in [2.05, 4.69) is 10.00 Å². The quantitative estimate of drug-likeness (QED) is 0.913. The fraction of sp³-hybridized carbons (Fsp3) is 0.412. The second kappa shape index (κ2) is 7.09. The molecule has 2 heterocycles. The SMILES string of the molecule is O=C(O)Cn1nccc1[C@H]1CCCN(Cc2cc(F)cc(F)c2)C1. The van der Waals surface area contributed by atoms with Gasteiger partial charge in [0.05, 0.1) is 0 Å². The van der Waals surface area contributed by atoms with E-state index in [4.69, 9.17) is 5.11 Å². The molecule has 2 aromatic rings. The van der Waals surface area contributed by atoms with E-state index in [9.17, 15) is 13.6 Å². The maximum atomic E-state index is 13.3. The lowest BCUT2D eigenvalue weighted by molar-refractivity contribution is -0.137. The number of carboxylic acids is 1. The Bertz CT molecular complexity index is 712. The Balaban J connectivity index is 1.70. The lowest BCUT2D eigenvalue weighted by atomic mass is 9.94. The number of nitrogens with zero attached hydrogens (tertiary/aromatic N) is 3. The second-order valence-corrected chi connectivity index (χ2v) is 6.16. The van der Waals surface area contributed by atoms with E-state index in [1.165, 1.54) is 16.8 Å². The van der Waals surface area contributed by atoms with Crippen LogP contribution in [0.15, 0.2) is 30.5 Å². The van der Waals surface area contributed by atoms with E-state index in [0.717, 1.165) is 31.1 Å². The van der Waals surface area contributed by atoms with Crippen molar-refractivity contribution in [3.63, 3.8) is 0 Å². The zero-order chi connectivity index (χ0) is 17.1. The van der Waals surface area contributed by atoms with E-state index < -0.39 is 17.6 Å². The largest absolute Gasteiger partial charge is 0.480 e. The van der Waals surface area contributed by atoms with Crippen molar-refractivity contribution in [2.24, 2.45) is 0 Å². The minimum Gasteiger partial charge on any atom is -0.480 e. The summed E-state index contributed by atoms with van der Waals surface area (Å²) >= 11 is 0. The standard InChI is InChI=1S/C17H19F2N3O2/c18-14-6-12(7-15(19)8-14)9-21-5-1-2-13(10-21)16-3-4-20-22(16)11-17(23)24/h3-4,6-8,13H,1-2,5,9-11H2,(H,23,24)/t13-/m0/s1. The van der Waals surface area contributed by atoms with Crippen LogP contribution in [0.5, 0.6) is 0 Å². The first-order valence-corrected chi connectivity index (χ1v) is 7.92. The Morgan fingerprint density at radius 2 is 2.04 bits per heavy atom. The lowest BCUT2D eigenvalue weighted by Gasteiger charge is -2.33. The van der Waals surface area contributed by atoms with E-state index in [1.807, 2.05) is 6.07 Å². The van der Waals surface area contributed by atoms with E-state index in [1.54, 1.807) is 6.20 Å². The van der Waals surface area contributed by atoms with Crippen LogP contribution in [0.3, 0.4) is 0 Å². The predicted octanol–water partition coefficient (Wildman–Crippen LogP) is 2.63. The molecule has 0 spiro atoms.